The van der Waals surface area contributed by atoms with Gasteiger partial charge in [0.25, 0.3) is 4.84 Å². The zero-order valence-corrected chi connectivity index (χ0v) is 16.3. The van der Waals surface area contributed by atoms with Crippen molar-refractivity contribution in [3.8, 4) is 0 Å². The zero-order chi connectivity index (χ0) is 19.0. The molecule has 3 heterocycles. The molecule has 9 heteroatoms. The number of anilines is 1. The first-order valence-corrected chi connectivity index (χ1v) is 9.53. The fourth-order valence-electron chi connectivity index (χ4n) is 3.36. The van der Waals surface area contributed by atoms with Crippen LogP contribution in [-0.2, 0) is 11.5 Å². The van der Waals surface area contributed by atoms with Gasteiger partial charge in [-0.05, 0) is 50.2 Å². The lowest BCUT2D eigenvalue weighted by Crippen LogP contribution is -2.39. The lowest BCUT2D eigenvalue weighted by Gasteiger charge is -2.31. The molecule has 1 aliphatic heterocycles. The van der Waals surface area contributed by atoms with E-state index in [0.717, 1.165) is 37.0 Å². The summed E-state index contributed by atoms with van der Waals surface area (Å²) in [5, 5.41) is 7.27. The van der Waals surface area contributed by atoms with Crippen LogP contribution in [0.3, 0.4) is 0 Å². The van der Waals surface area contributed by atoms with Crippen molar-refractivity contribution in [2.45, 2.75) is 26.4 Å². The fourth-order valence-corrected chi connectivity index (χ4v) is 3.77. The molecule has 0 bridgehead atoms. The quantitative estimate of drug-likeness (QED) is 0.653. The molecule has 0 radical (unpaired) electrons. The number of benzene rings is 1. The van der Waals surface area contributed by atoms with Gasteiger partial charge in [0.15, 0.2) is 11.4 Å². The minimum absolute atomic E-state index is 0.0138. The predicted octanol–water partition coefficient (Wildman–Crippen LogP) is 4.22. The molecule has 0 unspecified atom stereocenters. The summed E-state index contributed by atoms with van der Waals surface area (Å²) in [4.78, 5) is 15.1. The second-order valence-corrected chi connectivity index (χ2v) is 7.54. The third kappa shape index (κ3) is 3.92. The Labute approximate surface area is 165 Å². The second kappa shape index (κ2) is 7.46. The van der Waals surface area contributed by atoms with Crippen molar-refractivity contribution in [1.29, 1.82) is 0 Å². The summed E-state index contributed by atoms with van der Waals surface area (Å²) in [5.41, 5.74) is 1.61. The van der Waals surface area contributed by atoms with Gasteiger partial charge in [-0.2, -0.15) is 0 Å². The molecular weight excluding hydrogens is 388 g/mol. The van der Waals surface area contributed by atoms with E-state index in [1.807, 2.05) is 16.7 Å². The molecule has 1 fully saturated rings. The molecule has 27 heavy (non-hydrogen) atoms. The van der Waals surface area contributed by atoms with Crippen molar-refractivity contribution >= 4 is 46.6 Å². The molecule has 1 aliphatic rings. The smallest absolute Gasteiger partial charge is 0.270 e. The van der Waals surface area contributed by atoms with E-state index in [4.69, 9.17) is 32.8 Å². The predicted molar refractivity (Wildman–Crippen MR) is 104 cm³/mol. The number of aromatic nitrogens is 2. The molecule has 2 aromatic heterocycles. The van der Waals surface area contributed by atoms with Gasteiger partial charge in [0, 0.05) is 30.1 Å². The van der Waals surface area contributed by atoms with Crippen LogP contribution in [0.5, 0.6) is 0 Å². The number of nitrogens with zero attached hydrogens (tertiary/aromatic N) is 3. The van der Waals surface area contributed by atoms with Crippen LogP contribution in [0, 0.1) is 17.7 Å². The van der Waals surface area contributed by atoms with Crippen molar-refractivity contribution in [2.24, 2.45) is 5.92 Å². The van der Waals surface area contributed by atoms with Gasteiger partial charge in [0.05, 0.1) is 12.2 Å². The maximum absolute atomic E-state index is 12.4. The molecule has 4 rings (SSSR count). The highest BCUT2D eigenvalue weighted by molar-refractivity contribution is 7.71. The minimum Gasteiger partial charge on any atom is -0.429 e. The number of likely N-dealkylation sites (tertiary alicyclic amines) is 1. The topological polar surface area (TPSA) is 76.4 Å². The summed E-state index contributed by atoms with van der Waals surface area (Å²) in [7, 11) is 0. The Bertz CT molecular complexity index is 1030. The van der Waals surface area contributed by atoms with Gasteiger partial charge in [-0.25, -0.2) is 0 Å². The Morgan fingerprint density at radius 1 is 1.37 bits per heavy atom. The molecule has 1 aromatic carbocycles. The maximum Gasteiger partial charge on any atom is 0.270 e. The molecular formula is C18H19ClN4O3S. The van der Waals surface area contributed by atoms with Gasteiger partial charge in [-0.1, -0.05) is 16.8 Å². The third-order valence-electron chi connectivity index (χ3n) is 4.81. The maximum atomic E-state index is 12.4. The van der Waals surface area contributed by atoms with Crippen LogP contribution in [-0.4, -0.2) is 33.6 Å². The van der Waals surface area contributed by atoms with E-state index in [1.165, 1.54) is 0 Å². The van der Waals surface area contributed by atoms with E-state index in [9.17, 15) is 4.79 Å². The molecule has 1 amide bonds. The summed E-state index contributed by atoms with van der Waals surface area (Å²) in [6, 6.07) is 7.18. The zero-order valence-electron chi connectivity index (χ0n) is 14.8. The highest BCUT2D eigenvalue weighted by atomic mass is 35.5. The van der Waals surface area contributed by atoms with Crippen molar-refractivity contribution in [3.63, 3.8) is 0 Å². The van der Waals surface area contributed by atoms with Crippen molar-refractivity contribution in [2.75, 3.05) is 18.4 Å². The van der Waals surface area contributed by atoms with E-state index in [2.05, 4.69) is 15.4 Å². The number of halogens is 1. The van der Waals surface area contributed by atoms with Gasteiger partial charge in [-0.15, -0.1) is 0 Å². The number of nitrogens with one attached hydrogen (secondary N) is 1. The average Bonchev–Trinajstić information content (AvgIpc) is 3.19. The van der Waals surface area contributed by atoms with E-state index in [1.54, 1.807) is 19.1 Å². The molecule has 0 aliphatic carbocycles. The Balaban J connectivity index is 1.38. The lowest BCUT2D eigenvalue weighted by atomic mass is 9.96. The van der Waals surface area contributed by atoms with Crippen LogP contribution in [0.15, 0.2) is 33.2 Å². The number of hydrogen-bond donors (Lipinski definition) is 1. The van der Waals surface area contributed by atoms with E-state index in [-0.39, 0.29) is 11.8 Å². The number of rotatable bonds is 4. The number of aryl methyl sites for hydroxylation is 1. The summed E-state index contributed by atoms with van der Waals surface area (Å²) >= 11 is 11.5. The Morgan fingerprint density at radius 2 is 2.15 bits per heavy atom. The van der Waals surface area contributed by atoms with Crippen molar-refractivity contribution < 1.29 is 13.7 Å². The summed E-state index contributed by atoms with van der Waals surface area (Å²) in [5.74, 6) is 1.08. The van der Waals surface area contributed by atoms with Crippen LogP contribution in [0.1, 0.15) is 18.6 Å². The summed E-state index contributed by atoms with van der Waals surface area (Å²) in [6.45, 7) is 4.00. The molecule has 7 nitrogen and oxygen atoms in total. The van der Waals surface area contributed by atoms with E-state index >= 15 is 0 Å². The first-order chi connectivity index (χ1) is 13.0. The van der Waals surface area contributed by atoms with Gasteiger partial charge in [-0.3, -0.25) is 14.3 Å². The Kier molecular flexibility index (Phi) is 5.03. The number of oxazole rings is 1. The van der Waals surface area contributed by atoms with E-state index < -0.39 is 0 Å². The highest BCUT2D eigenvalue weighted by Gasteiger charge is 2.26. The van der Waals surface area contributed by atoms with Crippen LogP contribution in [0.2, 0.25) is 5.02 Å². The number of amides is 1. The van der Waals surface area contributed by atoms with Gasteiger partial charge in [0.1, 0.15) is 5.76 Å². The first-order valence-electron chi connectivity index (χ1n) is 8.75. The number of carbonyl (C=O) groups excluding carboxylic acids is 1. The molecule has 1 N–H and O–H groups in total. The third-order valence-corrected chi connectivity index (χ3v) is 5.35. The van der Waals surface area contributed by atoms with Gasteiger partial charge < -0.3 is 14.3 Å². The minimum atomic E-state index is -0.0400. The largest absolute Gasteiger partial charge is 0.429 e. The Hall–Kier alpha value is -2.16. The number of piperidine rings is 1. The standard InChI is InChI=1S/C18H19ClN4O3S/c1-11-8-16(21-26-11)20-17(24)12-4-6-22(7-5-12)10-23-14-9-13(19)2-3-15(14)25-18(23)27/h2-3,8-9,12H,4-7,10H2,1H3,(H,20,21,24). The molecule has 142 valence electrons. The summed E-state index contributed by atoms with van der Waals surface area (Å²) in [6.07, 6.45) is 1.54. The van der Waals surface area contributed by atoms with Crippen molar-refractivity contribution in [1.82, 2.24) is 14.6 Å². The van der Waals surface area contributed by atoms with Crippen molar-refractivity contribution in [3.05, 3.63) is 39.9 Å². The Morgan fingerprint density at radius 3 is 2.85 bits per heavy atom. The number of hydrogen-bond acceptors (Lipinski definition) is 6. The van der Waals surface area contributed by atoms with Gasteiger partial charge >= 0.3 is 0 Å². The molecule has 0 spiro atoms. The van der Waals surface area contributed by atoms with Crippen LogP contribution in [0.4, 0.5) is 5.82 Å². The first kappa shape index (κ1) is 18.2. The van der Waals surface area contributed by atoms with Crippen LogP contribution < -0.4 is 5.32 Å². The second-order valence-electron chi connectivity index (χ2n) is 6.75. The average molecular weight is 407 g/mol. The summed E-state index contributed by atoms with van der Waals surface area (Å²) < 4.78 is 12.6. The molecule has 3 aromatic rings. The lowest BCUT2D eigenvalue weighted by molar-refractivity contribution is -0.121. The van der Waals surface area contributed by atoms with E-state index in [0.29, 0.717) is 28.1 Å². The monoisotopic (exact) mass is 406 g/mol. The molecule has 0 atom stereocenters. The van der Waals surface area contributed by atoms with Crippen LogP contribution >= 0.6 is 23.8 Å². The number of fused-ring (bicyclic) bond motifs is 1. The normalized spacial score (nSPS) is 16.1. The number of carbonyl (C=O) groups is 1. The van der Waals surface area contributed by atoms with Gasteiger partial charge in [0.2, 0.25) is 5.91 Å². The highest BCUT2D eigenvalue weighted by Crippen LogP contribution is 2.24. The van der Waals surface area contributed by atoms with Crippen LogP contribution in [0.25, 0.3) is 11.1 Å². The fraction of sp³-hybridized carbons (Fsp3) is 0.389. The molecule has 0 saturated carbocycles. The SMILES string of the molecule is Cc1cc(NC(=O)C2CCN(Cn3c(=S)oc4ccc(Cl)cc43)CC2)no1. The molecule has 1 saturated heterocycles.